The minimum Gasteiger partial charge on any atom is -0.455 e. The van der Waals surface area contributed by atoms with Gasteiger partial charge in [0.25, 0.3) is 0 Å². The van der Waals surface area contributed by atoms with Gasteiger partial charge in [0.05, 0.1) is 62.7 Å². The summed E-state index contributed by atoms with van der Waals surface area (Å²) in [7, 11) is 8.24. The molecule has 0 radical (unpaired) electrons. The van der Waals surface area contributed by atoms with E-state index in [0.717, 1.165) is 161 Å². The van der Waals surface area contributed by atoms with Gasteiger partial charge in [-0.15, -0.1) is 0 Å². The maximum Gasteiger partial charge on any atom is 0.216 e. The molecule has 8 aromatic heterocycles. The number of nitrogens with zero attached hydrogens (tertiary/aromatic N) is 8. The van der Waals surface area contributed by atoms with Crippen LogP contribution in [0.3, 0.4) is 0 Å². The largest absolute Gasteiger partial charge is 0.455 e. The van der Waals surface area contributed by atoms with Crippen molar-refractivity contribution in [3.8, 4) is 69.3 Å². The lowest BCUT2D eigenvalue weighted by Crippen LogP contribution is -2.30. The molecule has 600 valence electrons. The van der Waals surface area contributed by atoms with Crippen LogP contribution < -0.4 is 18.3 Å². The van der Waals surface area contributed by atoms with Crippen LogP contribution in [-0.4, -0.2) is 0 Å². The lowest BCUT2D eigenvalue weighted by atomic mass is 9.80. The van der Waals surface area contributed by atoms with Gasteiger partial charge >= 0.3 is 0 Å². The third-order valence-electron chi connectivity index (χ3n) is 27.4. The van der Waals surface area contributed by atoms with Crippen molar-refractivity contribution in [2.24, 2.45) is 28.2 Å². The van der Waals surface area contributed by atoms with Crippen LogP contribution in [0.1, 0.15) is 241 Å². The van der Waals surface area contributed by atoms with Gasteiger partial charge in [-0.2, -0.15) is 21.0 Å². The molecule has 120 heavy (non-hydrogen) atoms. The van der Waals surface area contributed by atoms with Crippen molar-refractivity contribution in [1.29, 1.82) is 21.0 Å². The quantitative estimate of drug-likeness (QED) is 0.136. The lowest BCUT2D eigenvalue weighted by molar-refractivity contribution is -0.660. The number of nitriles is 4. The minimum absolute atomic E-state index is 0.521. The second kappa shape index (κ2) is 33.7. The Morgan fingerprint density at radius 2 is 0.675 bits per heavy atom. The van der Waals surface area contributed by atoms with Gasteiger partial charge in [0.15, 0.2) is 24.8 Å². The molecule has 0 atom stereocenters. The average molecular weight is 1580 g/mol. The van der Waals surface area contributed by atoms with Gasteiger partial charge < -0.3 is 17.7 Å². The molecule has 4 fully saturated rings. The molecule has 20 rings (SSSR count). The third kappa shape index (κ3) is 14.4. The Hall–Kier alpha value is -12.5. The maximum atomic E-state index is 10.1. The van der Waals surface area contributed by atoms with Crippen molar-refractivity contribution in [1.82, 2.24) is 0 Å². The molecular formula is C108H108N8O4+4. The Kier molecular flexibility index (Phi) is 22.5. The van der Waals surface area contributed by atoms with Crippen molar-refractivity contribution in [3.05, 3.63) is 259 Å². The number of hydrogen-bond donors (Lipinski definition) is 0. The van der Waals surface area contributed by atoms with Gasteiger partial charge in [-0.1, -0.05) is 120 Å². The van der Waals surface area contributed by atoms with Crippen molar-refractivity contribution in [2.45, 2.75) is 207 Å². The molecule has 0 bridgehead atoms. The third-order valence-corrected chi connectivity index (χ3v) is 27.4. The summed E-state index contributed by atoms with van der Waals surface area (Å²) in [5.74, 6) is 2.14. The molecule has 4 saturated carbocycles. The highest BCUT2D eigenvalue weighted by atomic mass is 16.3. The van der Waals surface area contributed by atoms with Gasteiger partial charge in [0.2, 0.25) is 22.8 Å². The number of aromatic nitrogens is 4. The highest BCUT2D eigenvalue weighted by Gasteiger charge is 2.33. The molecule has 0 unspecified atom stereocenters. The fourth-order valence-electron chi connectivity index (χ4n) is 21.2. The molecule has 0 aliphatic heterocycles. The number of pyridine rings is 4. The predicted octanol–water partition coefficient (Wildman–Crippen LogP) is 26.5. The number of aryl methyl sites for hydroxylation is 11. The normalized spacial score (nSPS) is 15.0. The van der Waals surface area contributed by atoms with Crippen LogP contribution in [0.5, 0.6) is 0 Å². The summed E-state index contributed by atoms with van der Waals surface area (Å²) in [4.78, 5) is 0. The summed E-state index contributed by atoms with van der Waals surface area (Å²) in [6.07, 6.45) is 33.4. The Bertz CT molecular complexity index is 6880. The van der Waals surface area contributed by atoms with Gasteiger partial charge in [-0.3, -0.25) is 0 Å². The van der Waals surface area contributed by atoms with Gasteiger partial charge in [-0.25, -0.2) is 18.3 Å². The second-order valence-electron chi connectivity index (χ2n) is 35.0. The first-order valence-electron chi connectivity index (χ1n) is 43.8. The number of benzene rings is 8. The van der Waals surface area contributed by atoms with Crippen molar-refractivity contribution >= 4 is 87.8 Å². The standard InChI is InChI=1S/4C27H27N2O/c1-17-15-18(2)24-25-20(16-28)12-13-21(19-9-5-4-6-10-19)26(25)30-27(24)23(17)22-11-7-8-14-29(22)3;1-17-12-13-21-25-20(16-28)15-22(19-9-5-4-6-10-19)18(2)26(25)30-27(21)24(17)23-11-7-8-14-29(23)3;1-17-12-13-20-26-22(16-28)18(2)21(19-9-5-4-6-10-19)15-24(26)30-27(20)25(17)23-11-7-8-14-29(23)3;1-17-13-18(2)25-26-21(16-28)14-20(19-9-5-4-6-10-19)15-23(26)30-27(25)24(17)22-11-7-8-12-29(22)3/h4*7-8,11-15,19H,4-6,9-10H2,1-3H3/q4*+1. The smallest absolute Gasteiger partial charge is 0.216 e. The average Bonchev–Trinajstić information content (AvgIpc) is 1.53. The topological polar surface area (TPSA) is 163 Å². The van der Waals surface area contributed by atoms with Crippen LogP contribution in [0.15, 0.2) is 188 Å². The molecule has 0 saturated heterocycles. The van der Waals surface area contributed by atoms with E-state index in [0.29, 0.717) is 29.2 Å². The Morgan fingerprint density at radius 3 is 1.14 bits per heavy atom. The monoisotopic (exact) mass is 1580 g/mol. The predicted molar refractivity (Wildman–Crippen MR) is 481 cm³/mol. The molecule has 12 heteroatoms. The summed E-state index contributed by atoms with van der Waals surface area (Å²) in [5.41, 5.74) is 33.5. The molecular weight excluding hydrogens is 1470 g/mol. The summed E-state index contributed by atoms with van der Waals surface area (Å²) >= 11 is 0. The second-order valence-corrected chi connectivity index (χ2v) is 35.0. The molecule has 0 amide bonds. The zero-order valence-electron chi connectivity index (χ0n) is 71.8. The molecule has 4 aliphatic carbocycles. The molecule has 0 N–H and O–H groups in total. The Morgan fingerprint density at radius 1 is 0.283 bits per heavy atom. The first-order chi connectivity index (χ1) is 58.4. The number of rotatable bonds is 8. The van der Waals surface area contributed by atoms with Crippen LogP contribution in [-0.2, 0) is 28.2 Å². The van der Waals surface area contributed by atoms with Gasteiger partial charge in [-0.05, 0) is 252 Å². The zero-order chi connectivity index (χ0) is 83.3. The van der Waals surface area contributed by atoms with Gasteiger partial charge in [0, 0.05) is 91.6 Å². The van der Waals surface area contributed by atoms with Crippen molar-refractivity contribution in [2.75, 3.05) is 0 Å². The van der Waals surface area contributed by atoms with E-state index in [1.54, 1.807) is 0 Å². The van der Waals surface area contributed by atoms with Crippen molar-refractivity contribution in [3.63, 3.8) is 0 Å². The maximum absolute atomic E-state index is 10.1. The fourth-order valence-corrected chi connectivity index (χ4v) is 21.2. The number of hydrogen-bond acceptors (Lipinski definition) is 8. The molecule has 4 aliphatic rings. The first-order valence-corrected chi connectivity index (χ1v) is 43.8. The Labute approximate surface area is 704 Å². The van der Waals surface area contributed by atoms with E-state index in [2.05, 4.69) is 266 Å². The van der Waals surface area contributed by atoms with Crippen LogP contribution in [0.25, 0.3) is 133 Å². The molecule has 12 nitrogen and oxygen atoms in total. The van der Waals surface area contributed by atoms with Gasteiger partial charge in [0.1, 0.15) is 78.9 Å². The van der Waals surface area contributed by atoms with E-state index in [-0.39, 0.29) is 0 Å². The summed E-state index contributed by atoms with van der Waals surface area (Å²) in [5, 5.41) is 48.1. The fraction of sp³-hybridized carbons (Fsp3) is 0.333. The molecule has 8 aromatic carbocycles. The highest BCUT2D eigenvalue weighted by molar-refractivity contribution is 6.17. The van der Waals surface area contributed by atoms with Crippen molar-refractivity contribution < 1.29 is 35.9 Å². The minimum atomic E-state index is 0.521. The van der Waals surface area contributed by atoms with E-state index in [1.807, 2.05) is 30.3 Å². The van der Waals surface area contributed by atoms with Crippen LogP contribution in [0, 0.1) is 101 Å². The van der Waals surface area contributed by atoms with E-state index in [4.69, 9.17) is 17.7 Å². The number of furan rings is 4. The van der Waals surface area contributed by atoms with E-state index >= 15 is 0 Å². The van der Waals surface area contributed by atoms with E-state index < -0.39 is 0 Å². The van der Waals surface area contributed by atoms with Crippen LogP contribution in [0.2, 0.25) is 0 Å². The number of fused-ring (bicyclic) bond motifs is 12. The first kappa shape index (κ1) is 80.0. The van der Waals surface area contributed by atoms with Crippen LogP contribution >= 0.6 is 0 Å². The molecule has 0 spiro atoms. The Balaban J connectivity index is 0.000000114. The lowest BCUT2D eigenvalue weighted by Gasteiger charge is -2.24. The molecule has 16 aromatic rings. The summed E-state index contributed by atoms with van der Waals surface area (Å²) in [6, 6.07) is 60.6. The van der Waals surface area contributed by atoms with E-state index in [9.17, 15) is 21.0 Å². The van der Waals surface area contributed by atoms with Crippen LogP contribution in [0.4, 0.5) is 0 Å². The summed E-state index contributed by atoms with van der Waals surface area (Å²) in [6.45, 7) is 17.1. The van der Waals surface area contributed by atoms with E-state index in [1.165, 1.54) is 184 Å². The summed E-state index contributed by atoms with van der Waals surface area (Å²) < 4.78 is 34.9. The zero-order valence-corrected chi connectivity index (χ0v) is 71.8. The SMILES string of the molecule is Cc1cc(C)c2c(oc3c(C4CCCCC4)ccc(C#N)c32)c1-c1cccc[n+]1C.Cc1cc(C)c2c(oc3cc(C4CCCCC4)cc(C#N)c32)c1-c1cccc[n+]1C.Cc1ccc2c(oc3c(C)c(C4CCCCC4)cc(C#N)c32)c1-c1cccc[n+]1C.Cc1ccc2c(oc3cc(C4CCCCC4)c(C)c(C#N)c32)c1-c1cccc[n+]1C. The highest BCUT2D eigenvalue weighted by Crippen LogP contribution is 2.50. The molecule has 8 heterocycles.